The molecule has 0 heterocycles. The zero-order valence-corrected chi connectivity index (χ0v) is 13.7. The minimum absolute atomic E-state index is 0.0315. The third-order valence-electron chi connectivity index (χ3n) is 2.99. The van der Waals surface area contributed by atoms with Gasteiger partial charge in [-0.1, -0.05) is 32.9 Å². The average molecular weight is 319 g/mol. The molecule has 120 valence electrons. The fraction of sp³-hybridized carbons (Fsp3) is 0.625. The molecule has 0 aromatic heterocycles. The highest BCUT2D eigenvalue weighted by Crippen LogP contribution is 2.31. The second kappa shape index (κ2) is 8.69. The van der Waals surface area contributed by atoms with Gasteiger partial charge in [-0.15, -0.1) is 0 Å². The first-order valence-corrected chi connectivity index (χ1v) is 8.48. The lowest BCUT2D eigenvalue weighted by molar-refractivity contribution is -0.137. The van der Waals surface area contributed by atoms with E-state index in [1.165, 1.54) is 12.1 Å². The van der Waals surface area contributed by atoms with Crippen molar-refractivity contribution in [2.24, 2.45) is 5.92 Å². The van der Waals surface area contributed by atoms with Crippen LogP contribution >= 0.6 is 11.8 Å². The average Bonchev–Trinajstić information content (AvgIpc) is 2.41. The van der Waals surface area contributed by atoms with E-state index in [1.54, 1.807) is 17.8 Å². The lowest BCUT2D eigenvalue weighted by atomic mass is 10.0. The molecule has 0 radical (unpaired) electrons. The van der Waals surface area contributed by atoms with Crippen molar-refractivity contribution in [3.63, 3.8) is 0 Å². The number of halogens is 3. The molecule has 1 nitrogen and oxygen atoms in total. The highest BCUT2D eigenvalue weighted by Gasteiger charge is 2.30. The van der Waals surface area contributed by atoms with Gasteiger partial charge in [-0.3, -0.25) is 0 Å². The summed E-state index contributed by atoms with van der Waals surface area (Å²) in [4.78, 5) is 0. The molecule has 21 heavy (non-hydrogen) atoms. The monoisotopic (exact) mass is 319 g/mol. The van der Waals surface area contributed by atoms with Gasteiger partial charge in [0, 0.05) is 11.8 Å². The van der Waals surface area contributed by atoms with Crippen LogP contribution in [0.1, 0.15) is 44.4 Å². The molecule has 0 aliphatic rings. The Bertz CT molecular complexity index is 418. The Morgan fingerprint density at radius 3 is 2.48 bits per heavy atom. The van der Waals surface area contributed by atoms with Crippen molar-refractivity contribution in [3.05, 3.63) is 35.4 Å². The smallest absolute Gasteiger partial charge is 0.309 e. The van der Waals surface area contributed by atoms with Gasteiger partial charge in [0.15, 0.2) is 0 Å². The summed E-state index contributed by atoms with van der Waals surface area (Å²) in [6, 6.07) is 5.63. The van der Waals surface area contributed by atoms with Crippen LogP contribution in [0.3, 0.4) is 0 Å². The van der Waals surface area contributed by atoms with Crippen LogP contribution in [0.5, 0.6) is 0 Å². The molecule has 0 fully saturated rings. The zero-order chi connectivity index (χ0) is 15.9. The van der Waals surface area contributed by atoms with E-state index in [-0.39, 0.29) is 6.04 Å². The fourth-order valence-corrected chi connectivity index (χ4v) is 3.10. The van der Waals surface area contributed by atoms with Gasteiger partial charge in [0.05, 0.1) is 5.56 Å². The van der Waals surface area contributed by atoms with E-state index in [2.05, 4.69) is 26.1 Å². The predicted octanol–water partition coefficient (Wildman–Crippen LogP) is 5.14. The molecule has 1 N–H and O–H groups in total. The number of rotatable bonds is 8. The Morgan fingerprint density at radius 1 is 1.19 bits per heavy atom. The molecule has 1 rings (SSSR count). The van der Waals surface area contributed by atoms with Gasteiger partial charge in [0.25, 0.3) is 0 Å². The van der Waals surface area contributed by atoms with Crippen molar-refractivity contribution in [2.45, 2.75) is 39.4 Å². The fourth-order valence-electron chi connectivity index (χ4n) is 1.94. The summed E-state index contributed by atoms with van der Waals surface area (Å²) in [5, 5.41) is 3.35. The van der Waals surface area contributed by atoms with Crippen molar-refractivity contribution >= 4 is 11.8 Å². The van der Waals surface area contributed by atoms with Crippen LogP contribution in [0.25, 0.3) is 0 Å². The molecule has 0 saturated carbocycles. The van der Waals surface area contributed by atoms with Crippen molar-refractivity contribution in [2.75, 3.05) is 18.1 Å². The van der Waals surface area contributed by atoms with Crippen LogP contribution in [0.15, 0.2) is 24.3 Å². The van der Waals surface area contributed by atoms with E-state index in [9.17, 15) is 13.2 Å². The number of alkyl halides is 3. The van der Waals surface area contributed by atoms with E-state index in [0.29, 0.717) is 5.92 Å². The summed E-state index contributed by atoms with van der Waals surface area (Å²) >= 11 is 1.78. The van der Waals surface area contributed by atoms with Crippen molar-refractivity contribution in [1.29, 1.82) is 0 Å². The Labute approximate surface area is 129 Å². The zero-order valence-electron chi connectivity index (χ0n) is 12.8. The van der Waals surface area contributed by atoms with Crippen molar-refractivity contribution in [3.8, 4) is 0 Å². The SMILES string of the molecule is CCCNC(CSCC(C)C)c1cccc(C(F)(F)F)c1. The van der Waals surface area contributed by atoms with E-state index >= 15 is 0 Å². The van der Waals surface area contributed by atoms with Gasteiger partial charge < -0.3 is 5.32 Å². The first-order valence-electron chi connectivity index (χ1n) is 7.32. The first-order chi connectivity index (χ1) is 9.84. The van der Waals surface area contributed by atoms with E-state index in [0.717, 1.165) is 36.1 Å². The third kappa shape index (κ3) is 6.74. The van der Waals surface area contributed by atoms with Crippen LogP contribution in [-0.4, -0.2) is 18.1 Å². The van der Waals surface area contributed by atoms with E-state index < -0.39 is 11.7 Å². The van der Waals surface area contributed by atoms with Gasteiger partial charge in [-0.2, -0.15) is 24.9 Å². The molecule has 1 aromatic rings. The molecule has 0 bridgehead atoms. The van der Waals surface area contributed by atoms with Crippen LogP contribution < -0.4 is 5.32 Å². The first kappa shape index (κ1) is 18.4. The maximum absolute atomic E-state index is 12.8. The summed E-state index contributed by atoms with van der Waals surface area (Å²) in [7, 11) is 0. The molecular weight excluding hydrogens is 295 g/mol. The Hall–Kier alpha value is -0.680. The van der Waals surface area contributed by atoms with Crippen LogP contribution in [0.2, 0.25) is 0 Å². The maximum atomic E-state index is 12.8. The molecule has 1 aromatic carbocycles. The normalized spacial score (nSPS) is 13.7. The van der Waals surface area contributed by atoms with Crippen molar-refractivity contribution in [1.82, 2.24) is 5.32 Å². The minimum atomic E-state index is -4.28. The lowest BCUT2D eigenvalue weighted by Gasteiger charge is -2.20. The van der Waals surface area contributed by atoms with Gasteiger partial charge in [0.2, 0.25) is 0 Å². The highest BCUT2D eigenvalue weighted by molar-refractivity contribution is 7.99. The van der Waals surface area contributed by atoms with Crippen LogP contribution in [0.4, 0.5) is 13.2 Å². The molecule has 0 amide bonds. The Morgan fingerprint density at radius 2 is 1.90 bits per heavy atom. The Kier molecular flexibility index (Phi) is 7.60. The number of hydrogen-bond donors (Lipinski definition) is 1. The van der Waals surface area contributed by atoms with Crippen LogP contribution in [-0.2, 0) is 6.18 Å². The molecule has 0 saturated heterocycles. The molecule has 5 heteroatoms. The summed E-state index contributed by atoms with van der Waals surface area (Å²) in [5.41, 5.74) is 0.145. The highest BCUT2D eigenvalue weighted by atomic mass is 32.2. The largest absolute Gasteiger partial charge is 0.416 e. The summed E-state index contributed by atoms with van der Waals surface area (Å²) < 4.78 is 38.4. The predicted molar refractivity (Wildman–Crippen MR) is 84.6 cm³/mol. The van der Waals surface area contributed by atoms with Crippen molar-refractivity contribution < 1.29 is 13.2 Å². The third-order valence-corrected chi connectivity index (χ3v) is 4.46. The lowest BCUT2D eigenvalue weighted by Crippen LogP contribution is -2.25. The maximum Gasteiger partial charge on any atom is 0.416 e. The van der Waals surface area contributed by atoms with Gasteiger partial charge in [-0.25, -0.2) is 0 Å². The number of nitrogens with one attached hydrogen (secondary N) is 1. The summed E-state index contributed by atoms with van der Waals surface area (Å²) in [6.07, 6.45) is -3.32. The molecule has 1 atom stereocenters. The minimum Gasteiger partial charge on any atom is -0.309 e. The topological polar surface area (TPSA) is 12.0 Å². The van der Waals surface area contributed by atoms with Gasteiger partial charge >= 0.3 is 6.18 Å². The second-order valence-electron chi connectivity index (χ2n) is 5.56. The quantitative estimate of drug-likeness (QED) is 0.712. The van der Waals surface area contributed by atoms with Gasteiger partial charge in [-0.05, 0) is 42.3 Å². The number of thioether (sulfide) groups is 1. The van der Waals surface area contributed by atoms with Gasteiger partial charge in [0.1, 0.15) is 0 Å². The Balaban J connectivity index is 2.81. The molecule has 0 aliphatic carbocycles. The van der Waals surface area contributed by atoms with E-state index in [1.807, 2.05) is 0 Å². The number of benzene rings is 1. The molecule has 1 unspecified atom stereocenters. The summed E-state index contributed by atoms with van der Waals surface area (Å²) in [5.74, 6) is 2.39. The standard InChI is InChI=1S/C16H24F3NS/c1-4-8-20-15(11-21-10-12(2)3)13-6-5-7-14(9-13)16(17,18)19/h5-7,9,12,15,20H,4,8,10-11H2,1-3H3. The summed E-state index contributed by atoms with van der Waals surface area (Å²) in [6.45, 7) is 7.15. The molecule has 0 spiro atoms. The second-order valence-corrected chi connectivity index (χ2v) is 6.64. The van der Waals surface area contributed by atoms with Crippen LogP contribution in [0, 0.1) is 5.92 Å². The van der Waals surface area contributed by atoms with E-state index in [4.69, 9.17) is 0 Å². The molecule has 0 aliphatic heterocycles. The molecular formula is C16H24F3NS. The number of hydrogen-bond acceptors (Lipinski definition) is 2.